The fraction of sp³-hybridized carbons (Fsp3) is 0.267. The van der Waals surface area contributed by atoms with Gasteiger partial charge >= 0.3 is 0 Å². The van der Waals surface area contributed by atoms with Gasteiger partial charge in [0.2, 0.25) is 5.91 Å². The molecule has 1 amide bonds. The van der Waals surface area contributed by atoms with Crippen LogP contribution in [-0.4, -0.2) is 19.1 Å². The molecule has 1 aromatic carbocycles. The lowest BCUT2D eigenvalue weighted by Gasteiger charge is -2.07. The molecule has 0 saturated carbocycles. The molecular formula is C15H18N2O2S. The van der Waals surface area contributed by atoms with Crippen LogP contribution in [0.15, 0.2) is 41.1 Å². The molecular weight excluding hydrogens is 272 g/mol. The van der Waals surface area contributed by atoms with Crippen molar-refractivity contribution in [3.8, 4) is 5.75 Å². The molecule has 4 nitrogen and oxygen atoms in total. The summed E-state index contributed by atoms with van der Waals surface area (Å²) in [7, 11) is 0. The molecule has 3 N–H and O–H groups in total. The van der Waals surface area contributed by atoms with Gasteiger partial charge in [-0.1, -0.05) is 0 Å². The minimum absolute atomic E-state index is 0.0202. The third-order valence-electron chi connectivity index (χ3n) is 2.75. The van der Waals surface area contributed by atoms with Gasteiger partial charge in [0.05, 0.1) is 0 Å². The van der Waals surface area contributed by atoms with Gasteiger partial charge in [-0.25, -0.2) is 0 Å². The van der Waals surface area contributed by atoms with E-state index < -0.39 is 0 Å². The Bertz CT molecular complexity index is 523. The molecule has 1 heterocycles. The number of thiophene rings is 1. The average molecular weight is 290 g/mol. The molecule has 0 aliphatic rings. The number of amides is 1. The molecule has 0 aliphatic heterocycles. The van der Waals surface area contributed by atoms with Crippen molar-refractivity contribution in [1.82, 2.24) is 0 Å². The topological polar surface area (TPSA) is 64.3 Å². The van der Waals surface area contributed by atoms with E-state index in [1.807, 2.05) is 35.7 Å². The summed E-state index contributed by atoms with van der Waals surface area (Å²) in [6.45, 7) is 0.980. The Labute approximate surface area is 122 Å². The van der Waals surface area contributed by atoms with Gasteiger partial charge in [0.25, 0.3) is 0 Å². The van der Waals surface area contributed by atoms with Crippen molar-refractivity contribution < 1.29 is 9.53 Å². The Balaban J connectivity index is 1.78. The van der Waals surface area contributed by atoms with Gasteiger partial charge in [0.1, 0.15) is 12.4 Å². The molecule has 0 aliphatic carbocycles. The van der Waals surface area contributed by atoms with Crippen molar-refractivity contribution in [2.24, 2.45) is 5.73 Å². The van der Waals surface area contributed by atoms with Crippen LogP contribution in [0.2, 0.25) is 0 Å². The van der Waals surface area contributed by atoms with Crippen LogP contribution < -0.4 is 15.8 Å². The molecule has 1 aromatic heterocycles. The highest BCUT2D eigenvalue weighted by atomic mass is 32.1. The van der Waals surface area contributed by atoms with Gasteiger partial charge < -0.3 is 15.8 Å². The summed E-state index contributed by atoms with van der Waals surface area (Å²) in [4.78, 5) is 11.8. The summed E-state index contributed by atoms with van der Waals surface area (Å²) >= 11 is 1.65. The second-order valence-electron chi connectivity index (χ2n) is 4.34. The molecule has 106 valence electrons. The number of carbonyl (C=O) groups excluding carboxylic acids is 1. The van der Waals surface area contributed by atoms with Crippen molar-refractivity contribution in [3.05, 3.63) is 46.7 Å². The molecule has 2 rings (SSSR count). The number of rotatable bonds is 7. The van der Waals surface area contributed by atoms with Crippen molar-refractivity contribution in [3.63, 3.8) is 0 Å². The Morgan fingerprint density at radius 3 is 2.70 bits per heavy atom. The van der Waals surface area contributed by atoms with Crippen LogP contribution in [-0.2, 0) is 11.2 Å². The molecule has 20 heavy (non-hydrogen) atoms. The molecule has 0 unspecified atom stereocenters. The average Bonchev–Trinajstić information content (AvgIpc) is 2.98. The number of anilines is 1. The number of aryl methyl sites for hydroxylation is 1. The van der Waals surface area contributed by atoms with Crippen LogP contribution in [0.4, 0.5) is 5.69 Å². The summed E-state index contributed by atoms with van der Waals surface area (Å²) in [6.07, 6.45) is 1.26. The number of nitrogens with one attached hydrogen (secondary N) is 1. The fourth-order valence-electron chi connectivity index (χ4n) is 1.73. The standard InChI is InChI=1S/C15H18N2O2S/c16-8-9-19-14-4-2-13(3-5-14)17-15(18)6-1-12-7-10-20-11-12/h2-5,7,10-11H,1,6,8-9,16H2,(H,17,18). The highest BCUT2D eigenvalue weighted by molar-refractivity contribution is 7.07. The molecule has 0 radical (unpaired) electrons. The van der Waals surface area contributed by atoms with Crippen LogP contribution in [0.3, 0.4) is 0 Å². The van der Waals surface area contributed by atoms with Crippen LogP contribution in [0.25, 0.3) is 0 Å². The van der Waals surface area contributed by atoms with Crippen molar-refractivity contribution in [1.29, 1.82) is 0 Å². The zero-order valence-electron chi connectivity index (χ0n) is 11.2. The summed E-state index contributed by atoms with van der Waals surface area (Å²) in [5, 5.41) is 6.96. The lowest BCUT2D eigenvalue weighted by molar-refractivity contribution is -0.116. The zero-order valence-corrected chi connectivity index (χ0v) is 12.0. The number of hydrogen-bond acceptors (Lipinski definition) is 4. The predicted octanol–water partition coefficient (Wildman–Crippen LogP) is 2.66. The maximum Gasteiger partial charge on any atom is 0.224 e. The summed E-state index contributed by atoms with van der Waals surface area (Å²) in [5.74, 6) is 0.776. The molecule has 0 saturated heterocycles. The van der Waals surface area contributed by atoms with Crippen LogP contribution >= 0.6 is 11.3 Å². The minimum atomic E-state index is 0.0202. The molecule has 0 spiro atoms. The smallest absolute Gasteiger partial charge is 0.224 e. The lowest BCUT2D eigenvalue weighted by Crippen LogP contribution is -2.12. The Kier molecular flexibility index (Phi) is 5.58. The second kappa shape index (κ2) is 7.67. The van der Waals surface area contributed by atoms with Crippen molar-refractivity contribution >= 4 is 22.9 Å². The molecule has 2 aromatic rings. The highest BCUT2D eigenvalue weighted by Crippen LogP contribution is 2.16. The predicted molar refractivity (Wildman–Crippen MR) is 82.3 cm³/mol. The van der Waals surface area contributed by atoms with E-state index >= 15 is 0 Å². The van der Waals surface area contributed by atoms with E-state index in [-0.39, 0.29) is 5.91 Å². The molecule has 0 atom stereocenters. The maximum atomic E-state index is 11.8. The molecule has 0 fully saturated rings. The lowest BCUT2D eigenvalue weighted by atomic mass is 10.2. The van der Waals surface area contributed by atoms with E-state index in [0.29, 0.717) is 19.6 Å². The SMILES string of the molecule is NCCOc1ccc(NC(=O)CCc2ccsc2)cc1. The Morgan fingerprint density at radius 2 is 2.05 bits per heavy atom. The number of nitrogens with two attached hydrogens (primary N) is 1. The summed E-state index contributed by atoms with van der Waals surface area (Å²) < 4.78 is 5.38. The first-order valence-corrected chi connectivity index (χ1v) is 7.46. The number of hydrogen-bond donors (Lipinski definition) is 2. The van der Waals surface area contributed by atoms with Gasteiger partial charge in [-0.05, 0) is 53.1 Å². The Hall–Kier alpha value is -1.85. The maximum absolute atomic E-state index is 11.8. The van der Waals surface area contributed by atoms with E-state index in [0.717, 1.165) is 17.9 Å². The normalized spacial score (nSPS) is 10.2. The van der Waals surface area contributed by atoms with Crippen molar-refractivity contribution in [2.45, 2.75) is 12.8 Å². The van der Waals surface area contributed by atoms with Crippen LogP contribution in [0.1, 0.15) is 12.0 Å². The van der Waals surface area contributed by atoms with Crippen LogP contribution in [0.5, 0.6) is 5.75 Å². The van der Waals surface area contributed by atoms with E-state index in [2.05, 4.69) is 10.7 Å². The van der Waals surface area contributed by atoms with E-state index in [1.165, 1.54) is 5.56 Å². The second-order valence-corrected chi connectivity index (χ2v) is 5.12. The fourth-order valence-corrected chi connectivity index (χ4v) is 2.43. The quantitative estimate of drug-likeness (QED) is 0.824. The van der Waals surface area contributed by atoms with Gasteiger partial charge in [-0.3, -0.25) is 4.79 Å². The largest absolute Gasteiger partial charge is 0.492 e. The third kappa shape index (κ3) is 4.68. The van der Waals surface area contributed by atoms with Gasteiger partial charge in [0, 0.05) is 18.7 Å². The van der Waals surface area contributed by atoms with Gasteiger partial charge in [0.15, 0.2) is 0 Å². The van der Waals surface area contributed by atoms with Gasteiger partial charge in [-0.2, -0.15) is 11.3 Å². The zero-order chi connectivity index (χ0) is 14.2. The first kappa shape index (κ1) is 14.6. The third-order valence-corrected chi connectivity index (χ3v) is 3.48. The number of carbonyl (C=O) groups is 1. The number of ether oxygens (including phenoxy) is 1. The highest BCUT2D eigenvalue weighted by Gasteiger charge is 2.04. The first-order valence-electron chi connectivity index (χ1n) is 6.52. The first-order chi connectivity index (χ1) is 9.78. The van der Waals surface area contributed by atoms with E-state index in [9.17, 15) is 4.79 Å². The van der Waals surface area contributed by atoms with Crippen molar-refractivity contribution in [2.75, 3.05) is 18.5 Å². The number of benzene rings is 1. The summed E-state index contributed by atoms with van der Waals surface area (Å²) in [5.41, 5.74) is 7.35. The van der Waals surface area contributed by atoms with E-state index in [4.69, 9.17) is 10.5 Å². The monoisotopic (exact) mass is 290 g/mol. The molecule has 5 heteroatoms. The van der Waals surface area contributed by atoms with Crippen LogP contribution in [0, 0.1) is 0 Å². The molecule has 0 bridgehead atoms. The van der Waals surface area contributed by atoms with E-state index in [1.54, 1.807) is 11.3 Å². The minimum Gasteiger partial charge on any atom is -0.492 e. The summed E-state index contributed by atoms with van der Waals surface area (Å²) in [6, 6.07) is 9.35. The van der Waals surface area contributed by atoms with Gasteiger partial charge in [-0.15, -0.1) is 0 Å². The Morgan fingerprint density at radius 1 is 1.25 bits per heavy atom.